The first-order valence-corrected chi connectivity index (χ1v) is 20.1. The number of piperidine rings is 1. The second kappa shape index (κ2) is 16.5. The second-order valence-electron chi connectivity index (χ2n) is 16.4. The Bertz CT molecular complexity index is 1490. The summed E-state index contributed by atoms with van der Waals surface area (Å²) in [6.45, 7) is 14.1. The number of hydrogen-bond donors (Lipinski definition) is 4. The molecule has 2 saturated carbocycles. The molecule has 0 aromatic rings. The van der Waals surface area contributed by atoms with Gasteiger partial charge in [-0.1, -0.05) is 60.0 Å². The third-order valence-electron chi connectivity index (χ3n) is 11.4. The van der Waals surface area contributed by atoms with Gasteiger partial charge in [0, 0.05) is 38.6 Å². The molecular weight excluding hydrogens is 673 g/mol. The van der Waals surface area contributed by atoms with Gasteiger partial charge in [0.05, 0.1) is 11.8 Å². The third-order valence-corrected chi connectivity index (χ3v) is 13.3. The van der Waals surface area contributed by atoms with Crippen LogP contribution in [0.2, 0.25) is 0 Å². The molecular formula is C37H58N6O7S. The summed E-state index contributed by atoms with van der Waals surface area (Å²) in [5.74, 6) is -0.174. The van der Waals surface area contributed by atoms with E-state index < -0.39 is 69.1 Å². The van der Waals surface area contributed by atoms with Gasteiger partial charge in [0.25, 0.3) is 5.91 Å². The van der Waals surface area contributed by atoms with Crippen molar-refractivity contribution in [2.24, 2.45) is 28.6 Å². The lowest BCUT2D eigenvalue weighted by atomic mass is 9.83. The zero-order chi connectivity index (χ0) is 37.7. The van der Waals surface area contributed by atoms with E-state index in [0.717, 1.165) is 38.5 Å². The van der Waals surface area contributed by atoms with Crippen LogP contribution in [0.25, 0.3) is 0 Å². The van der Waals surface area contributed by atoms with Crippen molar-refractivity contribution in [3.63, 3.8) is 0 Å². The molecule has 5 amide bonds. The minimum Gasteiger partial charge on any atom is -0.346 e. The molecule has 2 aliphatic heterocycles. The Morgan fingerprint density at radius 3 is 2.31 bits per heavy atom. The Kier molecular flexibility index (Phi) is 13.0. The molecule has 14 heteroatoms. The number of nitrogens with one attached hydrogen (secondary N) is 4. The predicted molar refractivity (Wildman–Crippen MR) is 194 cm³/mol. The highest BCUT2D eigenvalue weighted by molar-refractivity contribution is 7.89. The van der Waals surface area contributed by atoms with E-state index in [-0.39, 0.29) is 54.9 Å². The Morgan fingerprint density at radius 2 is 1.71 bits per heavy atom. The van der Waals surface area contributed by atoms with E-state index in [1.807, 2.05) is 34.6 Å². The number of hydrogen-bond acceptors (Lipinski definition) is 7. The molecule has 0 spiro atoms. The maximum Gasteiger partial charge on any atom is 0.315 e. The zero-order valence-corrected chi connectivity index (χ0v) is 31.8. The van der Waals surface area contributed by atoms with Crippen molar-refractivity contribution in [1.82, 2.24) is 30.5 Å². The topological polar surface area (TPSA) is 174 Å². The number of fused-ring (bicyclic) bond motifs is 1. The highest BCUT2D eigenvalue weighted by Crippen LogP contribution is 2.65. The summed E-state index contributed by atoms with van der Waals surface area (Å²) in [4.78, 5) is 69.4. The summed E-state index contributed by atoms with van der Waals surface area (Å²) in [6, 6.07) is -4.12. The van der Waals surface area contributed by atoms with Gasteiger partial charge in [-0.05, 0) is 60.7 Å². The van der Waals surface area contributed by atoms with Crippen molar-refractivity contribution in [1.29, 1.82) is 0 Å². The lowest BCUT2D eigenvalue weighted by Crippen LogP contribution is -2.62. The van der Waals surface area contributed by atoms with Gasteiger partial charge in [-0.2, -0.15) is 4.31 Å². The normalized spacial score (nSPS) is 26.0. The molecule has 4 aliphatic rings. The second-order valence-corrected chi connectivity index (χ2v) is 18.4. The summed E-state index contributed by atoms with van der Waals surface area (Å²) in [7, 11) is -3.41. The number of Topliss-reactive ketones (excluding diaryl/α,β-unsaturated/α-hetero) is 1. The highest BCUT2D eigenvalue weighted by Gasteiger charge is 2.70. The fraction of sp³-hybridized carbons (Fsp3) is 0.757. The number of carbonyl (C=O) groups excluding carboxylic acids is 5. The molecule has 2 aliphatic carbocycles. The average molecular weight is 731 g/mol. The minimum absolute atomic E-state index is 0.0320. The third kappa shape index (κ3) is 9.52. The molecule has 0 bridgehead atoms. The molecule has 0 aromatic heterocycles. The van der Waals surface area contributed by atoms with Gasteiger partial charge in [-0.15, -0.1) is 18.9 Å². The molecule has 2 unspecified atom stereocenters. The maximum atomic E-state index is 14.5. The lowest BCUT2D eigenvalue weighted by Gasteiger charge is -2.39. The van der Waals surface area contributed by atoms with E-state index in [0.29, 0.717) is 19.5 Å². The van der Waals surface area contributed by atoms with Crippen molar-refractivity contribution in [3.05, 3.63) is 12.7 Å². The monoisotopic (exact) mass is 730 g/mol. The lowest BCUT2D eigenvalue weighted by molar-refractivity contribution is -0.145. The number of amides is 5. The number of nitrogens with zero attached hydrogens (tertiary/aromatic N) is 2. The summed E-state index contributed by atoms with van der Waals surface area (Å²) in [5, 5.41) is 11.2. The van der Waals surface area contributed by atoms with Gasteiger partial charge in [0.1, 0.15) is 12.1 Å². The number of sulfonamides is 1. The van der Waals surface area contributed by atoms with Crippen LogP contribution < -0.4 is 21.3 Å². The largest absolute Gasteiger partial charge is 0.346 e. The molecule has 0 radical (unpaired) electrons. The summed E-state index contributed by atoms with van der Waals surface area (Å²) in [5.41, 5.74) is -0.995. The Morgan fingerprint density at radius 1 is 1.02 bits per heavy atom. The number of urea groups is 1. The SMILES string of the molecule is C#CCCC(NC(=O)C1[C@@H]2[C@H](CN1C(=O)[C@@H](NC(=O)N[C@H](CN1CCCCS1(=O)=O)C1CCCCC1)C(C)(C)C)C2(C)C)C(=O)C(=O)NCC=C. The van der Waals surface area contributed by atoms with E-state index >= 15 is 0 Å². The summed E-state index contributed by atoms with van der Waals surface area (Å²) >= 11 is 0. The number of rotatable bonds is 14. The van der Waals surface area contributed by atoms with Gasteiger partial charge >= 0.3 is 6.03 Å². The molecule has 2 saturated heterocycles. The molecule has 2 heterocycles. The van der Waals surface area contributed by atoms with Crippen molar-refractivity contribution in [3.8, 4) is 12.3 Å². The number of ketones is 1. The molecule has 4 N–H and O–H groups in total. The molecule has 0 aromatic carbocycles. The van der Waals surface area contributed by atoms with Gasteiger partial charge in [-0.3, -0.25) is 19.2 Å². The van der Waals surface area contributed by atoms with E-state index in [9.17, 15) is 32.4 Å². The van der Waals surface area contributed by atoms with Gasteiger partial charge in [0.15, 0.2) is 0 Å². The predicted octanol–water partition coefficient (Wildman–Crippen LogP) is 2.33. The van der Waals surface area contributed by atoms with Crippen molar-refractivity contribution < 1.29 is 32.4 Å². The smallest absolute Gasteiger partial charge is 0.315 e. The van der Waals surface area contributed by atoms with Crippen LogP contribution in [-0.2, 0) is 29.2 Å². The van der Waals surface area contributed by atoms with Crippen molar-refractivity contribution >= 4 is 39.6 Å². The van der Waals surface area contributed by atoms with E-state index in [1.165, 1.54) is 15.3 Å². The molecule has 284 valence electrons. The zero-order valence-electron chi connectivity index (χ0n) is 31.0. The van der Waals surface area contributed by atoms with Crippen LogP contribution in [0.3, 0.4) is 0 Å². The first-order chi connectivity index (χ1) is 23.9. The van der Waals surface area contributed by atoms with E-state index in [1.54, 1.807) is 0 Å². The molecule has 4 rings (SSSR count). The first-order valence-electron chi connectivity index (χ1n) is 18.5. The Labute approximate surface area is 303 Å². The van der Waals surface area contributed by atoms with Crippen LogP contribution in [0.4, 0.5) is 4.79 Å². The number of carbonyl (C=O) groups is 5. The summed E-state index contributed by atoms with van der Waals surface area (Å²) < 4.78 is 27.3. The first kappa shape index (κ1) is 40.3. The van der Waals surface area contributed by atoms with Crippen LogP contribution in [0, 0.1) is 40.9 Å². The van der Waals surface area contributed by atoms with Gasteiger partial charge < -0.3 is 26.2 Å². The van der Waals surface area contributed by atoms with Crippen LogP contribution >= 0.6 is 0 Å². The molecule has 51 heavy (non-hydrogen) atoms. The fourth-order valence-electron chi connectivity index (χ4n) is 8.25. The number of terminal acetylenes is 1. The van der Waals surface area contributed by atoms with Gasteiger partial charge in [0.2, 0.25) is 27.6 Å². The molecule has 13 nitrogen and oxygen atoms in total. The summed E-state index contributed by atoms with van der Waals surface area (Å²) in [6.07, 6.45) is 13.3. The minimum atomic E-state index is -3.41. The molecule has 6 atom stereocenters. The highest BCUT2D eigenvalue weighted by atomic mass is 32.2. The van der Waals surface area contributed by atoms with E-state index in [4.69, 9.17) is 6.42 Å². The van der Waals surface area contributed by atoms with E-state index in [2.05, 4.69) is 33.8 Å². The van der Waals surface area contributed by atoms with Crippen LogP contribution in [-0.4, -0.2) is 103 Å². The average Bonchev–Trinajstić information content (AvgIpc) is 3.38. The van der Waals surface area contributed by atoms with Crippen LogP contribution in [0.5, 0.6) is 0 Å². The van der Waals surface area contributed by atoms with Gasteiger partial charge in [-0.25, -0.2) is 13.2 Å². The number of likely N-dealkylation sites (tertiary alicyclic amines) is 1. The van der Waals surface area contributed by atoms with Crippen LogP contribution in [0.1, 0.15) is 92.4 Å². The van der Waals surface area contributed by atoms with Crippen molar-refractivity contribution in [2.75, 3.05) is 31.9 Å². The standard InChI is InChI=1S/C37H58N6O7S/c1-8-10-18-26(30(44)33(46)38-19-9-2)39-32(45)29-28-25(37(28,6)7)22-43(29)34(47)31(36(3,4)5)41-35(48)40-27(24-16-12-11-13-17-24)23-42-20-14-15-21-51(42,49)50/h1,9,24-29,31H,2,10-23H2,3-7H3,(H,38,46)(H,39,45)(H2,40,41,48)/t25-,26?,27+,28-,29?,31+/m0/s1. The Hall–Kier alpha value is -3.44. The molecule has 4 fully saturated rings. The van der Waals surface area contributed by atoms with Crippen LogP contribution in [0.15, 0.2) is 12.7 Å². The van der Waals surface area contributed by atoms with Crippen molar-refractivity contribution in [2.45, 2.75) is 117 Å². The maximum absolute atomic E-state index is 14.5. The Balaban J connectivity index is 1.53. The fourth-order valence-corrected chi connectivity index (χ4v) is 9.87. The quantitative estimate of drug-likeness (QED) is 0.121.